The predicted molar refractivity (Wildman–Crippen MR) is 162 cm³/mol. The van der Waals surface area contributed by atoms with Crippen LogP contribution in [-0.4, -0.2) is 72.1 Å². The third kappa shape index (κ3) is 7.78. The second-order valence-corrected chi connectivity index (χ2v) is 11.6. The minimum absolute atomic E-state index is 0.126. The van der Waals surface area contributed by atoms with E-state index in [4.69, 9.17) is 16.3 Å². The molecule has 1 amide bonds. The summed E-state index contributed by atoms with van der Waals surface area (Å²) in [6.45, 7) is 4.24. The standard InChI is InChI=1S/C29H35ClF3N7O3/c1-16(41)35-22-11-23(25(43-6)12-24(22)40-15-29(32,33)13-17(40)14-39(4)5)37-27-34-8-7-26(38-27)36-21-10-19(30)20(31)9-18(21)28(2,3)42/h7-12,17,42H,13-15H2,1-6H3,(H,35,41)(H2,34,36,37,38)/t17-/m1/s1. The molecule has 4 rings (SSSR count). The van der Waals surface area contributed by atoms with Crippen LogP contribution < -0.4 is 25.6 Å². The minimum atomic E-state index is -2.90. The highest BCUT2D eigenvalue weighted by Gasteiger charge is 2.46. The minimum Gasteiger partial charge on any atom is -0.494 e. The van der Waals surface area contributed by atoms with Gasteiger partial charge >= 0.3 is 0 Å². The molecule has 0 bridgehead atoms. The highest BCUT2D eigenvalue weighted by Crippen LogP contribution is 2.44. The molecule has 2 aromatic carbocycles. The van der Waals surface area contributed by atoms with Gasteiger partial charge in [-0.25, -0.2) is 18.2 Å². The Morgan fingerprint density at radius 3 is 2.56 bits per heavy atom. The summed E-state index contributed by atoms with van der Waals surface area (Å²) in [6, 6.07) is 6.75. The van der Waals surface area contributed by atoms with Gasteiger partial charge in [0.25, 0.3) is 5.92 Å². The van der Waals surface area contributed by atoms with Crippen molar-refractivity contribution < 1.29 is 27.8 Å². The van der Waals surface area contributed by atoms with Crippen LogP contribution in [0.15, 0.2) is 36.5 Å². The first kappa shape index (κ1) is 32.1. The van der Waals surface area contributed by atoms with Gasteiger partial charge in [0.2, 0.25) is 11.9 Å². The van der Waals surface area contributed by atoms with Gasteiger partial charge in [-0.3, -0.25) is 4.79 Å². The third-order valence-electron chi connectivity index (χ3n) is 6.77. The fraction of sp³-hybridized carbons (Fsp3) is 0.414. The molecule has 0 saturated carbocycles. The second-order valence-electron chi connectivity index (χ2n) is 11.2. The number of nitrogens with zero attached hydrogens (tertiary/aromatic N) is 4. The summed E-state index contributed by atoms with van der Waals surface area (Å²) in [4.78, 5) is 24.3. The number of hydrogen-bond acceptors (Lipinski definition) is 9. The van der Waals surface area contributed by atoms with Gasteiger partial charge in [-0.05, 0) is 52.2 Å². The zero-order valence-electron chi connectivity index (χ0n) is 24.7. The Morgan fingerprint density at radius 2 is 1.93 bits per heavy atom. The van der Waals surface area contributed by atoms with Crippen molar-refractivity contribution in [3.05, 3.63) is 52.9 Å². The maximum Gasteiger partial charge on any atom is 0.267 e. The molecule has 10 nitrogen and oxygen atoms in total. The molecule has 0 aliphatic carbocycles. The molecule has 1 aliphatic rings. The van der Waals surface area contributed by atoms with E-state index in [0.717, 1.165) is 6.07 Å². The van der Waals surface area contributed by atoms with Crippen LogP contribution in [0.5, 0.6) is 5.75 Å². The van der Waals surface area contributed by atoms with Crippen molar-refractivity contribution in [2.45, 2.75) is 44.8 Å². The van der Waals surface area contributed by atoms with Crippen LogP contribution in [0.1, 0.15) is 32.8 Å². The molecule has 1 fully saturated rings. The number of anilines is 6. The molecular formula is C29H35ClF3N7O3. The Hall–Kier alpha value is -3.81. The van der Waals surface area contributed by atoms with E-state index in [1.54, 1.807) is 23.1 Å². The van der Waals surface area contributed by atoms with E-state index in [9.17, 15) is 23.1 Å². The number of aliphatic hydroxyl groups is 1. The number of carbonyl (C=O) groups excluding carboxylic acids is 1. The summed E-state index contributed by atoms with van der Waals surface area (Å²) in [6.07, 6.45) is 1.15. The predicted octanol–water partition coefficient (Wildman–Crippen LogP) is 5.73. The molecule has 2 heterocycles. The zero-order valence-corrected chi connectivity index (χ0v) is 25.5. The zero-order chi connectivity index (χ0) is 31.7. The second kappa shape index (κ2) is 12.4. The monoisotopic (exact) mass is 621 g/mol. The van der Waals surface area contributed by atoms with E-state index < -0.39 is 29.9 Å². The molecule has 0 spiro atoms. The number of likely N-dealkylation sites (N-methyl/N-ethyl adjacent to an activating group) is 1. The summed E-state index contributed by atoms with van der Waals surface area (Å²) in [5.41, 5.74) is 0.284. The van der Waals surface area contributed by atoms with E-state index in [1.807, 2.05) is 19.0 Å². The van der Waals surface area contributed by atoms with Crippen molar-refractivity contribution in [3.63, 3.8) is 0 Å². The average Bonchev–Trinajstić information content (AvgIpc) is 3.18. The topological polar surface area (TPSA) is 115 Å². The van der Waals surface area contributed by atoms with E-state index in [2.05, 4.69) is 25.9 Å². The van der Waals surface area contributed by atoms with Gasteiger partial charge in [0.15, 0.2) is 0 Å². The molecule has 1 aliphatic heterocycles. The molecule has 3 aromatic rings. The van der Waals surface area contributed by atoms with Crippen LogP contribution in [-0.2, 0) is 10.4 Å². The van der Waals surface area contributed by atoms with Crippen LogP contribution in [0.2, 0.25) is 5.02 Å². The Bertz CT molecular complexity index is 1500. The first-order valence-corrected chi connectivity index (χ1v) is 13.8. The maximum atomic E-state index is 14.6. The van der Waals surface area contributed by atoms with E-state index in [0.29, 0.717) is 40.9 Å². The van der Waals surface area contributed by atoms with Gasteiger partial charge in [-0.15, -0.1) is 0 Å². The Kier molecular flexibility index (Phi) is 9.28. The molecule has 14 heteroatoms. The molecule has 0 radical (unpaired) electrons. The quantitative estimate of drug-likeness (QED) is 0.225. The highest BCUT2D eigenvalue weighted by molar-refractivity contribution is 6.31. The van der Waals surface area contributed by atoms with Crippen LogP contribution in [0.25, 0.3) is 0 Å². The smallest absolute Gasteiger partial charge is 0.267 e. The number of ether oxygens (including phenoxy) is 1. The van der Waals surface area contributed by atoms with Gasteiger partial charge in [-0.1, -0.05) is 11.6 Å². The fourth-order valence-electron chi connectivity index (χ4n) is 5.03. The number of rotatable bonds is 10. The number of alkyl halides is 2. The fourth-order valence-corrected chi connectivity index (χ4v) is 5.19. The number of aromatic nitrogens is 2. The van der Waals surface area contributed by atoms with Crippen molar-refractivity contribution in [3.8, 4) is 5.75 Å². The first-order valence-electron chi connectivity index (χ1n) is 13.4. The summed E-state index contributed by atoms with van der Waals surface area (Å²) in [5.74, 6) is -3.23. The van der Waals surface area contributed by atoms with Gasteiger partial charge in [0.05, 0.1) is 41.3 Å². The normalized spacial score (nSPS) is 16.4. The van der Waals surface area contributed by atoms with Gasteiger partial charge in [0.1, 0.15) is 17.4 Å². The van der Waals surface area contributed by atoms with Crippen molar-refractivity contribution in [1.82, 2.24) is 14.9 Å². The van der Waals surface area contributed by atoms with Crippen molar-refractivity contribution in [2.75, 3.05) is 55.1 Å². The summed E-state index contributed by atoms with van der Waals surface area (Å²) in [5, 5.41) is 19.3. The Balaban J connectivity index is 1.69. The number of carbonyl (C=O) groups is 1. The lowest BCUT2D eigenvalue weighted by atomic mass is 9.96. The van der Waals surface area contributed by atoms with Crippen LogP contribution >= 0.6 is 11.6 Å². The van der Waals surface area contributed by atoms with Crippen LogP contribution in [0.3, 0.4) is 0 Å². The van der Waals surface area contributed by atoms with E-state index in [1.165, 1.54) is 40.1 Å². The largest absolute Gasteiger partial charge is 0.494 e. The third-order valence-corrected chi connectivity index (χ3v) is 7.06. The summed E-state index contributed by atoms with van der Waals surface area (Å²) < 4.78 is 49.0. The Morgan fingerprint density at radius 1 is 1.21 bits per heavy atom. The SMILES string of the molecule is COc1cc(N2CC(F)(F)C[C@@H]2CN(C)C)c(NC(C)=O)cc1Nc1nccc(Nc2cc(Cl)c(F)cc2C(C)(C)O)n1. The number of hydrogen-bond donors (Lipinski definition) is 4. The Labute approximate surface area is 253 Å². The van der Waals surface area contributed by atoms with Crippen molar-refractivity contribution in [1.29, 1.82) is 0 Å². The average molecular weight is 622 g/mol. The van der Waals surface area contributed by atoms with Gasteiger partial charge < -0.3 is 35.6 Å². The van der Waals surface area contributed by atoms with Crippen molar-refractivity contribution in [2.24, 2.45) is 0 Å². The van der Waals surface area contributed by atoms with E-state index >= 15 is 0 Å². The van der Waals surface area contributed by atoms with Gasteiger partial charge in [-0.2, -0.15) is 4.98 Å². The highest BCUT2D eigenvalue weighted by atomic mass is 35.5. The number of nitrogens with one attached hydrogen (secondary N) is 3. The summed E-state index contributed by atoms with van der Waals surface area (Å²) in [7, 11) is 5.07. The number of halogens is 4. The number of benzene rings is 2. The van der Waals surface area contributed by atoms with Crippen LogP contribution in [0.4, 0.5) is 47.7 Å². The molecule has 1 saturated heterocycles. The molecule has 1 atom stereocenters. The lowest BCUT2D eigenvalue weighted by Gasteiger charge is -2.30. The molecule has 4 N–H and O–H groups in total. The molecule has 0 unspecified atom stereocenters. The molecular weight excluding hydrogens is 587 g/mol. The lowest BCUT2D eigenvalue weighted by Crippen LogP contribution is -2.38. The maximum absolute atomic E-state index is 14.6. The molecule has 43 heavy (non-hydrogen) atoms. The lowest BCUT2D eigenvalue weighted by molar-refractivity contribution is -0.114. The first-order chi connectivity index (χ1) is 20.1. The van der Waals surface area contributed by atoms with Gasteiger partial charge in [0, 0.05) is 49.4 Å². The van der Waals surface area contributed by atoms with Crippen LogP contribution in [0, 0.1) is 5.82 Å². The molecule has 232 valence electrons. The van der Waals surface area contributed by atoms with E-state index in [-0.39, 0.29) is 28.9 Å². The van der Waals surface area contributed by atoms with Crippen molar-refractivity contribution >= 4 is 52.0 Å². The summed E-state index contributed by atoms with van der Waals surface area (Å²) >= 11 is 6.00. The number of amides is 1. The number of methoxy groups -OCH3 is 1. The molecule has 1 aromatic heterocycles.